The van der Waals surface area contributed by atoms with Crippen molar-refractivity contribution in [2.45, 2.75) is 83.3 Å². The van der Waals surface area contributed by atoms with Gasteiger partial charge in [-0.05, 0) is 69.4 Å². The summed E-state index contributed by atoms with van der Waals surface area (Å²) in [4.78, 5) is 29.5. The first-order valence-corrected chi connectivity index (χ1v) is 15.8. The van der Waals surface area contributed by atoms with Crippen LogP contribution < -0.4 is 9.62 Å². The van der Waals surface area contributed by atoms with Gasteiger partial charge in [0.2, 0.25) is 11.8 Å². The van der Waals surface area contributed by atoms with Crippen LogP contribution in [0.3, 0.4) is 0 Å². The number of benzene rings is 3. The summed E-state index contributed by atoms with van der Waals surface area (Å²) in [7, 11) is -4.09. The Morgan fingerprint density at radius 1 is 0.902 bits per heavy atom. The first kappa shape index (κ1) is 30.3. The van der Waals surface area contributed by atoms with Crippen molar-refractivity contribution in [1.29, 1.82) is 0 Å². The third-order valence-electron chi connectivity index (χ3n) is 7.79. The van der Waals surface area contributed by atoms with Crippen LogP contribution >= 0.6 is 0 Å². The molecule has 3 aromatic rings. The molecule has 0 spiro atoms. The lowest BCUT2D eigenvalue weighted by atomic mass is 10.1. The van der Waals surface area contributed by atoms with Gasteiger partial charge in [0, 0.05) is 12.6 Å². The van der Waals surface area contributed by atoms with Crippen molar-refractivity contribution < 1.29 is 18.0 Å². The van der Waals surface area contributed by atoms with Crippen molar-refractivity contribution in [2.24, 2.45) is 0 Å². The van der Waals surface area contributed by atoms with E-state index in [2.05, 4.69) is 5.32 Å². The van der Waals surface area contributed by atoms with Gasteiger partial charge in [-0.25, -0.2) is 8.42 Å². The lowest BCUT2D eigenvalue weighted by Gasteiger charge is -2.34. The van der Waals surface area contributed by atoms with E-state index in [0.29, 0.717) is 12.1 Å². The Hall–Kier alpha value is -3.65. The number of amides is 2. The lowest BCUT2D eigenvalue weighted by molar-refractivity contribution is -0.140. The summed E-state index contributed by atoms with van der Waals surface area (Å²) in [6, 6.07) is 21.0. The molecule has 218 valence electrons. The number of anilines is 1. The summed E-state index contributed by atoms with van der Waals surface area (Å²) in [5.74, 6) is -0.622. The summed E-state index contributed by atoms with van der Waals surface area (Å²) >= 11 is 0. The fourth-order valence-electron chi connectivity index (χ4n) is 5.49. The highest BCUT2D eigenvalue weighted by molar-refractivity contribution is 7.92. The maximum atomic E-state index is 14.2. The van der Waals surface area contributed by atoms with Gasteiger partial charge < -0.3 is 10.2 Å². The van der Waals surface area contributed by atoms with Crippen LogP contribution in [0.1, 0.15) is 61.3 Å². The van der Waals surface area contributed by atoms with Crippen molar-refractivity contribution in [3.8, 4) is 0 Å². The zero-order chi connectivity index (χ0) is 29.6. The third kappa shape index (κ3) is 7.36. The van der Waals surface area contributed by atoms with E-state index in [1.165, 1.54) is 4.31 Å². The van der Waals surface area contributed by atoms with Crippen LogP contribution in [0.25, 0.3) is 0 Å². The summed E-state index contributed by atoms with van der Waals surface area (Å²) in [6.07, 6.45) is 4.44. The van der Waals surface area contributed by atoms with Crippen LogP contribution in [-0.4, -0.2) is 43.8 Å². The molecule has 1 aliphatic rings. The number of carbonyl (C=O) groups excluding carboxylic acids is 2. The molecule has 1 N–H and O–H groups in total. The second-order valence-corrected chi connectivity index (χ2v) is 12.9. The fraction of sp³-hybridized carbons (Fsp3) is 0.394. The van der Waals surface area contributed by atoms with Gasteiger partial charge in [-0.2, -0.15) is 0 Å². The van der Waals surface area contributed by atoms with Gasteiger partial charge in [0.15, 0.2) is 0 Å². The van der Waals surface area contributed by atoms with E-state index >= 15 is 0 Å². The number of para-hydroxylation sites is 1. The van der Waals surface area contributed by atoms with Crippen LogP contribution in [0, 0.1) is 20.8 Å². The van der Waals surface area contributed by atoms with Crippen LogP contribution in [0.15, 0.2) is 77.7 Å². The van der Waals surface area contributed by atoms with Crippen LogP contribution in [0.4, 0.5) is 5.69 Å². The average Bonchev–Trinajstić information content (AvgIpc) is 3.45. The van der Waals surface area contributed by atoms with Crippen molar-refractivity contribution >= 4 is 27.5 Å². The van der Waals surface area contributed by atoms with E-state index in [1.54, 1.807) is 41.3 Å². The molecule has 0 heterocycles. The quantitative estimate of drug-likeness (QED) is 0.319. The number of aryl methyl sites for hydroxylation is 3. The maximum Gasteiger partial charge on any atom is 0.264 e. The summed E-state index contributed by atoms with van der Waals surface area (Å²) < 4.78 is 29.3. The number of hydrogen-bond donors (Lipinski definition) is 1. The van der Waals surface area contributed by atoms with Gasteiger partial charge >= 0.3 is 0 Å². The first-order valence-electron chi connectivity index (χ1n) is 14.4. The zero-order valence-electron chi connectivity index (χ0n) is 24.5. The highest BCUT2D eigenvalue weighted by atomic mass is 32.2. The molecule has 0 saturated heterocycles. The second kappa shape index (κ2) is 13.3. The Morgan fingerprint density at radius 3 is 2.22 bits per heavy atom. The minimum atomic E-state index is -4.09. The van der Waals surface area contributed by atoms with E-state index < -0.39 is 28.5 Å². The number of hydrogen-bond acceptors (Lipinski definition) is 4. The Balaban J connectivity index is 1.72. The van der Waals surface area contributed by atoms with E-state index in [4.69, 9.17) is 0 Å². The van der Waals surface area contributed by atoms with Gasteiger partial charge in [-0.1, -0.05) is 85.5 Å². The number of rotatable bonds is 11. The molecule has 0 radical (unpaired) electrons. The van der Waals surface area contributed by atoms with Gasteiger partial charge in [-0.3, -0.25) is 13.9 Å². The van der Waals surface area contributed by atoms with Crippen molar-refractivity contribution in [1.82, 2.24) is 10.2 Å². The van der Waals surface area contributed by atoms with Crippen molar-refractivity contribution in [3.05, 3.63) is 95.1 Å². The standard InChI is InChI=1S/C33H41N3O4S/c1-5-30(33(38)34-28-14-7-8-15-28)35(22-27-13-10-11-25(3)21-27)32(37)23-36(31-16-9-6-12-26(31)4)41(39,40)29-19-17-24(2)18-20-29/h6,9-13,16-21,28,30H,5,7-8,14-15,22-23H2,1-4H3,(H,34,38)/t30-/m1/s1. The minimum absolute atomic E-state index is 0.107. The topological polar surface area (TPSA) is 86.8 Å². The summed E-state index contributed by atoms with van der Waals surface area (Å²) in [6.45, 7) is 7.35. The molecule has 0 aromatic heterocycles. The molecule has 8 heteroatoms. The van der Waals surface area contributed by atoms with Gasteiger partial charge in [0.05, 0.1) is 10.6 Å². The van der Waals surface area contributed by atoms with Gasteiger partial charge in [0.1, 0.15) is 12.6 Å². The lowest BCUT2D eigenvalue weighted by Crippen LogP contribution is -2.53. The number of nitrogens with zero attached hydrogens (tertiary/aromatic N) is 2. The highest BCUT2D eigenvalue weighted by Crippen LogP contribution is 2.28. The molecule has 1 saturated carbocycles. The largest absolute Gasteiger partial charge is 0.352 e. The fourth-order valence-corrected chi connectivity index (χ4v) is 6.97. The summed E-state index contributed by atoms with van der Waals surface area (Å²) in [5.41, 5.74) is 4.02. The molecule has 3 aromatic carbocycles. The Labute approximate surface area is 244 Å². The molecule has 0 unspecified atom stereocenters. The zero-order valence-corrected chi connectivity index (χ0v) is 25.3. The molecule has 2 amide bonds. The van der Waals surface area contributed by atoms with Crippen molar-refractivity contribution in [2.75, 3.05) is 10.8 Å². The summed E-state index contributed by atoms with van der Waals surface area (Å²) in [5, 5.41) is 3.15. The van der Waals surface area contributed by atoms with E-state index in [1.807, 2.05) is 64.1 Å². The molecular formula is C33H41N3O4S. The SMILES string of the molecule is CC[C@H](C(=O)NC1CCCC1)N(Cc1cccc(C)c1)C(=O)CN(c1ccccc1C)S(=O)(=O)c1ccc(C)cc1. The molecule has 1 fully saturated rings. The maximum absolute atomic E-state index is 14.2. The second-order valence-electron chi connectivity index (χ2n) is 11.0. The Kier molecular flexibility index (Phi) is 9.86. The normalized spacial score (nSPS) is 14.4. The molecule has 0 aliphatic heterocycles. The highest BCUT2D eigenvalue weighted by Gasteiger charge is 2.35. The number of sulfonamides is 1. The Bertz CT molecular complexity index is 1460. The molecular weight excluding hydrogens is 534 g/mol. The van der Waals surface area contributed by atoms with Crippen molar-refractivity contribution in [3.63, 3.8) is 0 Å². The minimum Gasteiger partial charge on any atom is -0.352 e. The van der Waals surface area contributed by atoms with Crippen LogP contribution in [-0.2, 0) is 26.2 Å². The smallest absolute Gasteiger partial charge is 0.264 e. The molecule has 4 rings (SSSR count). The molecule has 1 aliphatic carbocycles. The third-order valence-corrected chi connectivity index (χ3v) is 9.57. The van der Waals surface area contributed by atoms with E-state index in [9.17, 15) is 18.0 Å². The molecule has 41 heavy (non-hydrogen) atoms. The van der Waals surface area contributed by atoms with Gasteiger partial charge in [0.25, 0.3) is 10.0 Å². The first-order chi connectivity index (χ1) is 19.6. The number of nitrogens with one attached hydrogen (secondary N) is 1. The van der Waals surface area contributed by atoms with Gasteiger partial charge in [-0.15, -0.1) is 0 Å². The van der Waals surface area contributed by atoms with E-state index in [-0.39, 0.29) is 23.4 Å². The Morgan fingerprint density at radius 2 is 1.59 bits per heavy atom. The van der Waals surface area contributed by atoms with Crippen LogP contribution in [0.5, 0.6) is 0 Å². The average molecular weight is 576 g/mol. The van der Waals surface area contributed by atoms with Crippen LogP contribution in [0.2, 0.25) is 0 Å². The molecule has 0 bridgehead atoms. The predicted molar refractivity (Wildman–Crippen MR) is 163 cm³/mol. The predicted octanol–water partition coefficient (Wildman–Crippen LogP) is 5.67. The monoisotopic (exact) mass is 575 g/mol. The number of carbonyl (C=O) groups is 2. The van der Waals surface area contributed by atoms with E-state index in [0.717, 1.165) is 47.9 Å². The molecule has 1 atom stereocenters. The molecule has 7 nitrogen and oxygen atoms in total.